The molecule has 1 unspecified atom stereocenters. The van der Waals surface area contributed by atoms with Crippen LogP contribution in [0.4, 0.5) is 0 Å². The molecule has 0 aromatic heterocycles. The van der Waals surface area contributed by atoms with Gasteiger partial charge in [-0.15, -0.1) is 0 Å². The number of hydrogen-bond donors (Lipinski definition) is 0. The van der Waals surface area contributed by atoms with Gasteiger partial charge in [-0.2, -0.15) is 0 Å². The van der Waals surface area contributed by atoms with Crippen LogP contribution in [0.15, 0.2) is 24.3 Å². The zero-order valence-electron chi connectivity index (χ0n) is 6.22. The van der Waals surface area contributed by atoms with Gasteiger partial charge in [-0.1, -0.05) is 0 Å². The maximum atomic E-state index is 6.15. The molecule has 11 heavy (non-hydrogen) atoms. The minimum absolute atomic E-state index is 0.788. The summed E-state index contributed by atoms with van der Waals surface area (Å²) in [5.74, 6) is 0. The van der Waals surface area contributed by atoms with Gasteiger partial charge < -0.3 is 0 Å². The molecule has 1 aromatic carbocycles. The minimum atomic E-state index is -1.24. The molecule has 0 radical (unpaired) electrons. The Balaban J connectivity index is 2.86. The van der Waals surface area contributed by atoms with Crippen molar-refractivity contribution in [1.82, 2.24) is 0 Å². The van der Waals surface area contributed by atoms with Crippen LogP contribution in [0, 0.1) is 0 Å². The maximum absolute atomic E-state index is 6.15. The van der Waals surface area contributed by atoms with Gasteiger partial charge >= 0.3 is 81.0 Å². The van der Waals surface area contributed by atoms with Crippen molar-refractivity contribution in [3.63, 3.8) is 0 Å². The van der Waals surface area contributed by atoms with E-state index in [1.165, 1.54) is 4.35 Å². The Hall–Kier alpha value is 0.358. The molecule has 0 aliphatic carbocycles. The van der Waals surface area contributed by atoms with Crippen LogP contribution in [-0.4, -0.2) is 13.7 Å². The molecule has 0 spiro atoms. The van der Waals surface area contributed by atoms with E-state index in [0.29, 0.717) is 0 Å². The van der Waals surface area contributed by atoms with Gasteiger partial charge in [0.25, 0.3) is 0 Å². The molecule has 0 amide bonds. The van der Waals surface area contributed by atoms with Gasteiger partial charge in [-0.25, -0.2) is 0 Å². The van der Waals surface area contributed by atoms with Crippen molar-refractivity contribution < 1.29 is 0 Å². The molecular formula is C8H9AsCl2. The quantitative estimate of drug-likeness (QED) is 0.709. The molecule has 1 atom stereocenters. The molecule has 0 N–H and O–H groups in total. The molecule has 0 nitrogen and oxygen atoms in total. The first kappa shape index (κ1) is 9.45. The first-order valence-electron chi connectivity index (χ1n) is 3.43. The molecule has 0 heterocycles. The van der Waals surface area contributed by atoms with Crippen LogP contribution in [0.1, 0.15) is 6.92 Å². The van der Waals surface area contributed by atoms with Gasteiger partial charge in [0.2, 0.25) is 0 Å². The fourth-order valence-electron chi connectivity index (χ4n) is 0.810. The Morgan fingerprint density at radius 3 is 2.73 bits per heavy atom. The average molecular weight is 251 g/mol. The standard InChI is InChI=1S/C8H9AsCl2/c1-2-9(11)7-4-3-5-8(10)6-7/h3-6H,2H2,1H3. The van der Waals surface area contributed by atoms with Crippen LogP contribution in [0.5, 0.6) is 0 Å². The summed E-state index contributed by atoms with van der Waals surface area (Å²) in [6.45, 7) is 2.12. The second kappa shape index (κ2) is 4.40. The zero-order chi connectivity index (χ0) is 8.27. The number of rotatable bonds is 2. The first-order valence-corrected chi connectivity index (χ1v) is 8.54. The predicted molar refractivity (Wildman–Crippen MR) is 53.2 cm³/mol. The molecule has 1 rings (SSSR count). The molecule has 0 aliphatic rings. The molecule has 0 saturated heterocycles. The fourth-order valence-corrected chi connectivity index (χ4v) is 3.58. The number of benzene rings is 1. The number of halogens is 2. The average Bonchev–Trinajstić information content (AvgIpc) is 2.03. The van der Waals surface area contributed by atoms with E-state index in [4.69, 9.17) is 21.6 Å². The molecule has 0 aliphatic heterocycles. The second-order valence-electron chi connectivity index (χ2n) is 2.16. The summed E-state index contributed by atoms with van der Waals surface area (Å²) in [7, 11) is 6.15. The summed E-state index contributed by atoms with van der Waals surface area (Å²) < 4.78 is 1.24. The van der Waals surface area contributed by atoms with Crippen LogP contribution in [-0.2, 0) is 0 Å². The SMILES string of the molecule is CC[As](Cl)c1cccc(Cl)c1. The van der Waals surface area contributed by atoms with E-state index < -0.39 is 13.7 Å². The molecular weight excluding hydrogens is 242 g/mol. The summed E-state index contributed by atoms with van der Waals surface area (Å²) in [5, 5.41) is 1.87. The van der Waals surface area contributed by atoms with Crippen molar-refractivity contribution in [2.45, 2.75) is 12.1 Å². The fraction of sp³-hybridized carbons (Fsp3) is 0.250. The Kier molecular flexibility index (Phi) is 3.78. The van der Waals surface area contributed by atoms with Crippen LogP contribution in [0.25, 0.3) is 0 Å². The van der Waals surface area contributed by atoms with Crippen molar-refractivity contribution in [3.05, 3.63) is 29.3 Å². The van der Waals surface area contributed by atoms with Gasteiger partial charge in [0.1, 0.15) is 0 Å². The van der Waals surface area contributed by atoms with Crippen LogP contribution >= 0.6 is 21.6 Å². The third-order valence-electron chi connectivity index (χ3n) is 1.37. The monoisotopic (exact) mass is 250 g/mol. The summed E-state index contributed by atoms with van der Waals surface area (Å²) in [4.78, 5) is 0. The van der Waals surface area contributed by atoms with E-state index in [1.54, 1.807) is 0 Å². The molecule has 0 saturated carbocycles. The van der Waals surface area contributed by atoms with Gasteiger partial charge in [0.05, 0.1) is 0 Å². The molecule has 0 fully saturated rings. The van der Waals surface area contributed by atoms with E-state index in [-0.39, 0.29) is 0 Å². The summed E-state index contributed by atoms with van der Waals surface area (Å²) in [6.07, 6.45) is 0. The van der Waals surface area contributed by atoms with Gasteiger partial charge in [0.15, 0.2) is 0 Å². The normalized spacial score (nSPS) is 13.0. The topological polar surface area (TPSA) is 0 Å². The van der Waals surface area contributed by atoms with E-state index in [0.717, 1.165) is 10.2 Å². The third kappa shape index (κ3) is 2.70. The first-order chi connectivity index (χ1) is 5.24. The summed E-state index contributed by atoms with van der Waals surface area (Å²) in [5.41, 5.74) is 0. The molecule has 1 aromatic rings. The van der Waals surface area contributed by atoms with Gasteiger partial charge in [-0.05, 0) is 0 Å². The summed E-state index contributed by atoms with van der Waals surface area (Å²) in [6, 6.07) is 7.86. The molecule has 60 valence electrons. The zero-order valence-corrected chi connectivity index (χ0v) is 9.61. The van der Waals surface area contributed by atoms with Crippen molar-refractivity contribution in [1.29, 1.82) is 0 Å². The third-order valence-corrected chi connectivity index (χ3v) is 6.78. The number of hydrogen-bond acceptors (Lipinski definition) is 0. The van der Waals surface area contributed by atoms with Gasteiger partial charge in [-0.3, -0.25) is 0 Å². The Labute approximate surface area is 80.9 Å². The van der Waals surface area contributed by atoms with Crippen molar-refractivity contribution in [2.75, 3.05) is 0 Å². The van der Waals surface area contributed by atoms with Crippen molar-refractivity contribution >= 4 is 39.6 Å². The van der Waals surface area contributed by atoms with Crippen LogP contribution < -0.4 is 4.35 Å². The van der Waals surface area contributed by atoms with Crippen LogP contribution in [0.2, 0.25) is 10.2 Å². The second-order valence-corrected chi connectivity index (χ2v) is 8.65. The molecule has 0 bridgehead atoms. The van der Waals surface area contributed by atoms with Crippen molar-refractivity contribution in [2.24, 2.45) is 0 Å². The van der Waals surface area contributed by atoms with E-state index in [2.05, 4.69) is 13.0 Å². The van der Waals surface area contributed by atoms with Crippen LogP contribution in [0.3, 0.4) is 0 Å². The van der Waals surface area contributed by atoms with E-state index in [9.17, 15) is 0 Å². The Morgan fingerprint density at radius 1 is 1.45 bits per heavy atom. The van der Waals surface area contributed by atoms with Crippen molar-refractivity contribution in [3.8, 4) is 0 Å². The Morgan fingerprint density at radius 2 is 2.18 bits per heavy atom. The summed E-state index contributed by atoms with van der Waals surface area (Å²) >= 11 is 4.57. The predicted octanol–water partition coefficient (Wildman–Crippen LogP) is 2.80. The molecule has 3 heteroatoms. The van der Waals surface area contributed by atoms with E-state index in [1.807, 2.05) is 18.2 Å². The van der Waals surface area contributed by atoms with Gasteiger partial charge in [0, 0.05) is 0 Å². The van der Waals surface area contributed by atoms with E-state index >= 15 is 0 Å². The Bertz CT molecular complexity index is 237.